The van der Waals surface area contributed by atoms with E-state index >= 15 is 0 Å². The first-order valence-electron chi connectivity index (χ1n) is 6.55. The Morgan fingerprint density at radius 2 is 1.71 bits per heavy atom. The summed E-state index contributed by atoms with van der Waals surface area (Å²) >= 11 is 0. The molecule has 1 aromatic carbocycles. The van der Waals surface area contributed by atoms with Gasteiger partial charge in [-0.2, -0.15) is 15.0 Å². The highest BCUT2D eigenvalue weighted by molar-refractivity contribution is 5.72. The van der Waals surface area contributed by atoms with E-state index in [0.29, 0.717) is 29.5 Å². The van der Waals surface area contributed by atoms with Crippen molar-refractivity contribution in [2.75, 3.05) is 26.6 Å². The molecule has 1 heterocycles. The smallest absolute Gasteiger partial charge is 0.321 e. The molecule has 7 heteroatoms. The summed E-state index contributed by atoms with van der Waals surface area (Å²) in [5, 5.41) is 0. The number of nitrogens with two attached hydrogens (primary N) is 1. The third-order valence-electron chi connectivity index (χ3n) is 2.72. The van der Waals surface area contributed by atoms with Gasteiger partial charge in [-0.05, 0) is 18.6 Å². The second-order valence-electron chi connectivity index (χ2n) is 4.19. The fourth-order valence-electron chi connectivity index (χ4n) is 1.81. The Morgan fingerprint density at radius 1 is 1.05 bits per heavy atom. The molecule has 7 nitrogen and oxygen atoms in total. The van der Waals surface area contributed by atoms with Crippen molar-refractivity contribution in [1.29, 1.82) is 0 Å². The predicted octanol–water partition coefficient (Wildman–Crippen LogP) is 1.93. The Balaban J connectivity index is 2.53. The quantitative estimate of drug-likeness (QED) is 0.868. The minimum atomic E-state index is 0.0825. The SMILES string of the molecule is CCCOc1nc(N)nc(-c2c(OC)cccc2OC)n1. The number of rotatable bonds is 6. The number of nitrogens with zero attached hydrogens (tertiary/aromatic N) is 3. The van der Waals surface area contributed by atoms with E-state index in [-0.39, 0.29) is 12.0 Å². The first-order chi connectivity index (χ1) is 10.2. The lowest BCUT2D eigenvalue weighted by atomic mass is 10.1. The molecule has 1 aromatic heterocycles. The summed E-state index contributed by atoms with van der Waals surface area (Å²) < 4.78 is 16.1. The molecule has 2 N–H and O–H groups in total. The minimum Gasteiger partial charge on any atom is -0.496 e. The zero-order valence-corrected chi connectivity index (χ0v) is 12.3. The van der Waals surface area contributed by atoms with Crippen LogP contribution in [0.4, 0.5) is 5.95 Å². The summed E-state index contributed by atoms with van der Waals surface area (Å²) in [6, 6.07) is 5.60. The number of anilines is 1. The maximum absolute atomic E-state index is 5.73. The lowest BCUT2D eigenvalue weighted by Gasteiger charge is -2.12. The van der Waals surface area contributed by atoms with E-state index in [1.807, 2.05) is 13.0 Å². The largest absolute Gasteiger partial charge is 0.496 e. The maximum atomic E-state index is 5.73. The van der Waals surface area contributed by atoms with Crippen molar-refractivity contribution < 1.29 is 14.2 Å². The lowest BCUT2D eigenvalue weighted by Crippen LogP contribution is -2.06. The second-order valence-corrected chi connectivity index (χ2v) is 4.19. The maximum Gasteiger partial charge on any atom is 0.321 e. The van der Waals surface area contributed by atoms with Gasteiger partial charge in [-0.15, -0.1) is 0 Å². The number of benzene rings is 1. The van der Waals surface area contributed by atoms with Crippen LogP contribution in [0.5, 0.6) is 17.5 Å². The lowest BCUT2D eigenvalue weighted by molar-refractivity contribution is 0.292. The standard InChI is InChI=1S/C14H18N4O3/c1-4-8-21-14-17-12(16-13(15)18-14)11-9(19-2)6-5-7-10(11)20-3/h5-7H,4,8H2,1-3H3,(H2,15,16,17,18). The topological polar surface area (TPSA) is 92.4 Å². The van der Waals surface area contributed by atoms with Crippen molar-refractivity contribution in [3.05, 3.63) is 18.2 Å². The third-order valence-corrected chi connectivity index (χ3v) is 2.72. The summed E-state index contributed by atoms with van der Waals surface area (Å²) in [6.45, 7) is 2.50. The Morgan fingerprint density at radius 3 is 2.29 bits per heavy atom. The number of nitrogen functional groups attached to an aromatic ring is 1. The highest BCUT2D eigenvalue weighted by atomic mass is 16.5. The van der Waals surface area contributed by atoms with Crippen LogP contribution < -0.4 is 19.9 Å². The molecule has 21 heavy (non-hydrogen) atoms. The molecule has 0 spiro atoms. The Bertz CT molecular complexity index is 597. The zero-order chi connectivity index (χ0) is 15.2. The highest BCUT2D eigenvalue weighted by Crippen LogP contribution is 2.36. The van der Waals surface area contributed by atoms with Crippen molar-refractivity contribution >= 4 is 5.95 Å². The summed E-state index contributed by atoms with van der Waals surface area (Å²) in [4.78, 5) is 12.4. The molecule has 0 amide bonds. The first-order valence-corrected chi connectivity index (χ1v) is 6.55. The molecule has 0 aliphatic carbocycles. The Kier molecular flexibility index (Phi) is 4.76. The molecule has 0 radical (unpaired) electrons. The van der Waals surface area contributed by atoms with E-state index in [9.17, 15) is 0 Å². The van der Waals surface area contributed by atoms with E-state index in [2.05, 4.69) is 15.0 Å². The molecule has 0 saturated carbocycles. The van der Waals surface area contributed by atoms with Crippen molar-refractivity contribution in [3.8, 4) is 28.9 Å². The van der Waals surface area contributed by atoms with Crippen LogP contribution in [-0.2, 0) is 0 Å². The van der Waals surface area contributed by atoms with E-state index < -0.39 is 0 Å². The fourth-order valence-corrected chi connectivity index (χ4v) is 1.81. The van der Waals surface area contributed by atoms with Gasteiger partial charge in [-0.1, -0.05) is 13.0 Å². The third kappa shape index (κ3) is 3.31. The van der Waals surface area contributed by atoms with Gasteiger partial charge in [-0.3, -0.25) is 0 Å². The molecule has 2 aromatic rings. The van der Waals surface area contributed by atoms with Gasteiger partial charge in [0.05, 0.1) is 20.8 Å². The van der Waals surface area contributed by atoms with Gasteiger partial charge in [0.15, 0.2) is 5.82 Å². The molecule has 2 rings (SSSR count). The van der Waals surface area contributed by atoms with Gasteiger partial charge >= 0.3 is 6.01 Å². The average Bonchev–Trinajstić information content (AvgIpc) is 2.51. The fraction of sp³-hybridized carbons (Fsp3) is 0.357. The monoisotopic (exact) mass is 290 g/mol. The summed E-state index contributed by atoms with van der Waals surface area (Å²) in [6.07, 6.45) is 0.846. The molecule has 0 aliphatic rings. The van der Waals surface area contributed by atoms with Crippen LogP contribution in [0.15, 0.2) is 18.2 Å². The van der Waals surface area contributed by atoms with Crippen LogP contribution in [0.25, 0.3) is 11.4 Å². The molecule has 0 bridgehead atoms. The number of hydrogen-bond acceptors (Lipinski definition) is 7. The molecule has 0 fully saturated rings. The van der Waals surface area contributed by atoms with E-state index in [1.165, 1.54) is 0 Å². The summed E-state index contributed by atoms with van der Waals surface area (Å²) in [5.74, 6) is 1.60. The van der Waals surface area contributed by atoms with Crippen LogP contribution in [0, 0.1) is 0 Å². The van der Waals surface area contributed by atoms with Crippen molar-refractivity contribution in [3.63, 3.8) is 0 Å². The summed E-state index contributed by atoms with van der Waals surface area (Å²) in [5.41, 5.74) is 6.34. The van der Waals surface area contributed by atoms with Crippen molar-refractivity contribution in [2.45, 2.75) is 13.3 Å². The van der Waals surface area contributed by atoms with Crippen LogP contribution in [0.3, 0.4) is 0 Å². The van der Waals surface area contributed by atoms with Gasteiger partial charge in [0.1, 0.15) is 17.1 Å². The van der Waals surface area contributed by atoms with Gasteiger partial charge in [0, 0.05) is 0 Å². The molecular formula is C14H18N4O3. The molecular weight excluding hydrogens is 272 g/mol. The van der Waals surface area contributed by atoms with Crippen LogP contribution in [0.2, 0.25) is 0 Å². The van der Waals surface area contributed by atoms with Crippen LogP contribution in [0.1, 0.15) is 13.3 Å². The Hall–Kier alpha value is -2.57. The predicted molar refractivity (Wildman–Crippen MR) is 78.6 cm³/mol. The second kappa shape index (κ2) is 6.74. The van der Waals surface area contributed by atoms with E-state index in [1.54, 1.807) is 26.4 Å². The number of methoxy groups -OCH3 is 2. The molecule has 0 saturated heterocycles. The zero-order valence-electron chi connectivity index (χ0n) is 12.3. The van der Waals surface area contributed by atoms with E-state index in [4.69, 9.17) is 19.9 Å². The summed E-state index contributed by atoms with van der Waals surface area (Å²) in [7, 11) is 3.13. The van der Waals surface area contributed by atoms with E-state index in [0.717, 1.165) is 6.42 Å². The van der Waals surface area contributed by atoms with Crippen LogP contribution >= 0.6 is 0 Å². The first kappa shape index (κ1) is 14.8. The van der Waals surface area contributed by atoms with Crippen molar-refractivity contribution in [2.24, 2.45) is 0 Å². The highest BCUT2D eigenvalue weighted by Gasteiger charge is 2.17. The van der Waals surface area contributed by atoms with Gasteiger partial charge < -0.3 is 19.9 Å². The number of hydrogen-bond donors (Lipinski definition) is 1. The van der Waals surface area contributed by atoms with Gasteiger partial charge in [-0.25, -0.2) is 0 Å². The number of aromatic nitrogens is 3. The normalized spacial score (nSPS) is 10.2. The average molecular weight is 290 g/mol. The van der Waals surface area contributed by atoms with Gasteiger partial charge in [0.2, 0.25) is 5.95 Å². The molecule has 0 unspecified atom stereocenters. The Labute approximate surface area is 123 Å². The molecule has 112 valence electrons. The number of ether oxygens (including phenoxy) is 3. The minimum absolute atomic E-state index is 0.0825. The van der Waals surface area contributed by atoms with Crippen molar-refractivity contribution in [1.82, 2.24) is 15.0 Å². The molecule has 0 aliphatic heterocycles. The van der Waals surface area contributed by atoms with Crippen LogP contribution in [-0.4, -0.2) is 35.8 Å². The molecule has 0 atom stereocenters. The van der Waals surface area contributed by atoms with Gasteiger partial charge in [0.25, 0.3) is 0 Å².